The highest BCUT2D eigenvalue weighted by molar-refractivity contribution is 5.83. The Balaban J connectivity index is 1.33. The molecular formula is C46H44N2O4. The molecule has 0 atom stereocenters. The summed E-state index contributed by atoms with van der Waals surface area (Å²) in [5.74, 6) is -1.59. The quantitative estimate of drug-likeness (QED) is 0.126. The molecule has 6 aromatic rings. The third-order valence-electron chi connectivity index (χ3n) is 9.44. The minimum atomic E-state index is -0.796. The molecule has 262 valence electrons. The molecule has 6 rings (SSSR count). The molecule has 6 heteroatoms. The fourth-order valence-corrected chi connectivity index (χ4v) is 6.54. The lowest BCUT2D eigenvalue weighted by molar-refractivity contribution is -0.138. The maximum atomic E-state index is 11.1. The average Bonchev–Trinajstić information content (AvgIpc) is 3.14. The molecule has 0 aromatic heterocycles. The second kappa shape index (κ2) is 15.8. The monoisotopic (exact) mass is 688 g/mol. The van der Waals surface area contributed by atoms with Crippen LogP contribution in [0.5, 0.6) is 0 Å². The lowest BCUT2D eigenvalue weighted by Crippen LogP contribution is -2.12. The number of carboxylic acids is 2. The van der Waals surface area contributed by atoms with E-state index in [0.717, 1.165) is 67.5 Å². The van der Waals surface area contributed by atoms with E-state index < -0.39 is 11.9 Å². The highest BCUT2D eigenvalue weighted by atomic mass is 16.4. The molecule has 0 radical (unpaired) electrons. The van der Waals surface area contributed by atoms with Crippen molar-refractivity contribution in [1.82, 2.24) is 0 Å². The smallest absolute Gasteiger partial charge is 0.303 e. The van der Waals surface area contributed by atoms with Crippen molar-refractivity contribution >= 4 is 46.1 Å². The van der Waals surface area contributed by atoms with Crippen molar-refractivity contribution in [1.29, 1.82) is 0 Å². The third-order valence-corrected chi connectivity index (χ3v) is 9.44. The Morgan fingerprint density at radius 2 is 0.750 bits per heavy atom. The van der Waals surface area contributed by atoms with Crippen LogP contribution in [0.15, 0.2) is 133 Å². The zero-order valence-corrected chi connectivity index (χ0v) is 30.1. The van der Waals surface area contributed by atoms with Crippen LogP contribution in [0.2, 0.25) is 0 Å². The first kappa shape index (κ1) is 35.7. The summed E-state index contributed by atoms with van der Waals surface area (Å²) in [5, 5.41) is 18.3. The van der Waals surface area contributed by atoms with Crippen LogP contribution in [0.3, 0.4) is 0 Å². The minimum absolute atomic E-state index is 0.106. The molecule has 0 aliphatic rings. The summed E-state index contributed by atoms with van der Waals surface area (Å²) >= 11 is 0. The number of hydrogen-bond donors (Lipinski definition) is 2. The van der Waals surface area contributed by atoms with Gasteiger partial charge in [0.05, 0.1) is 0 Å². The summed E-state index contributed by atoms with van der Waals surface area (Å²) in [7, 11) is 0. The largest absolute Gasteiger partial charge is 0.481 e. The Hall–Kier alpha value is -6.14. The van der Waals surface area contributed by atoms with Crippen LogP contribution in [0.1, 0.15) is 46.2 Å². The predicted molar refractivity (Wildman–Crippen MR) is 212 cm³/mol. The molecule has 0 unspecified atom stereocenters. The van der Waals surface area contributed by atoms with Crippen molar-refractivity contribution in [3.63, 3.8) is 0 Å². The normalized spacial score (nSPS) is 10.9. The fraction of sp³-hybridized carbons (Fsp3) is 0.174. The summed E-state index contributed by atoms with van der Waals surface area (Å²) < 4.78 is 0. The van der Waals surface area contributed by atoms with Crippen LogP contribution in [-0.2, 0) is 22.4 Å². The second-order valence-corrected chi connectivity index (χ2v) is 13.5. The van der Waals surface area contributed by atoms with Gasteiger partial charge in [0.1, 0.15) is 0 Å². The summed E-state index contributed by atoms with van der Waals surface area (Å²) in [4.78, 5) is 26.8. The number of aryl methyl sites for hydroxylation is 6. The molecule has 0 spiro atoms. The van der Waals surface area contributed by atoms with E-state index in [9.17, 15) is 9.59 Å². The van der Waals surface area contributed by atoms with Gasteiger partial charge in [-0.05, 0) is 147 Å². The van der Waals surface area contributed by atoms with Crippen LogP contribution in [-0.4, -0.2) is 22.2 Å². The Morgan fingerprint density at radius 3 is 1.04 bits per heavy atom. The summed E-state index contributed by atoms with van der Waals surface area (Å²) in [6.07, 6.45) is 1.20. The number of carbonyl (C=O) groups is 2. The zero-order chi connectivity index (χ0) is 36.8. The Bertz CT molecular complexity index is 2010. The van der Waals surface area contributed by atoms with Crippen molar-refractivity contribution in [2.45, 2.75) is 53.4 Å². The molecule has 6 aromatic carbocycles. The summed E-state index contributed by atoms with van der Waals surface area (Å²) in [6.45, 7) is 8.45. The van der Waals surface area contributed by atoms with E-state index >= 15 is 0 Å². The molecule has 0 aliphatic carbocycles. The molecular weight excluding hydrogens is 645 g/mol. The first-order chi connectivity index (χ1) is 25.0. The maximum absolute atomic E-state index is 11.1. The average molecular weight is 689 g/mol. The van der Waals surface area contributed by atoms with Crippen molar-refractivity contribution < 1.29 is 19.8 Å². The van der Waals surface area contributed by atoms with E-state index in [1.807, 2.05) is 24.3 Å². The van der Waals surface area contributed by atoms with Crippen LogP contribution in [0.4, 0.5) is 34.1 Å². The highest BCUT2D eigenvalue weighted by Crippen LogP contribution is 2.41. The molecule has 52 heavy (non-hydrogen) atoms. The van der Waals surface area contributed by atoms with Crippen molar-refractivity contribution in [2.24, 2.45) is 0 Å². The third kappa shape index (κ3) is 8.41. The summed E-state index contributed by atoms with van der Waals surface area (Å²) in [6, 6.07) is 46.5. The number of anilines is 6. The van der Waals surface area contributed by atoms with Gasteiger partial charge in [0.25, 0.3) is 0 Å². The van der Waals surface area contributed by atoms with E-state index in [4.69, 9.17) is 10.2 Å². The van der Waals surface area contributed by atoms with Gasteiger partial charge in [-0.3, -0.25) is 9.59 Å². The van der Waals surface area contributed by atoms with Gasteiger partial charge in [-0.15, -0.1) is 0 Å². The highest BCUT2D eigenvalue weighted by Gasteiger charge is 2.18. The first-order valence-electron chi connectivity index (χ1n) is 17.6. The topological polar surface area (TPSA) is 81.1 Å². The predicted octanol–water partition coefficient (Wildman–Crippen LogP) is 11.6. The van der Waals surface area contributed by atoms with Gasteiger partial charge in [0, 0.05) is 47.0 Å². The van der Waals surface area contributed by atoms with Gasteiger partial charge in [-0.25, -0.2) is 0 Å². The van der Waals surface area contributed by atoms with Gasteiger partial charge in [0.15, 0.2) is 0 Å². The van der Waals surface area contributed by atoms with E-state index in [2.05, 4.69) is 147 Å². The van der Waals surface area contributed by atoms with Gasteiger partial charge in [-0.1, -0.05) is 71.8 Å². The number of carboxylic acid groups (broad SMARTS) is 2. The molecule has 0 saturated heterocycles. The van der Waals surface area contributed by atoms with Crippen LogP contribution >= 0.6 is 0 Å². The van der Waals surface area contributed by atoms with Crippen LogP contribution < -0.4 is 9.80 Å². The van der Waals surface area contributed by atoms with E-state index in [-0.39, 0.29) is 12.8 Å². The first-order valence-corrected chi connectivity index (χ1v) is 17.6. The Kier molecular flexibility index (Phi) is 10.9. The van der Waals surface area contributed by atoms with E-state index in [1.54, 1.807) is 0 Å². The van der Waals surface area contributed by atoms with Gasteiger partial charge < -0.3 is 20.0 Å². The van der Waals surface area contributed by atoms with Gasteiger partial charge in [0.2, 0.25) is 0 Å². The van der Waals surface area contributed by atoms with Crippen LogP contribution in [0, 0.1) is 27.7 Å². The minimum Gasteiger partial charge on any atom is -0.481 e. The number of nitrogens with zero attached hydrogens (tertiary/aromatic N) is 2. The molecule has 0 fully saturated rings. The lowest BCUT2D eigenvalue weighted by atomic mass is 9.98. The Morgan fingerprint density at radius 1 is 0.442 bits per heavy atom. The molecule has 0 saturated carbocycles. The van der Waals surface area contributed by atoms with Crippen molar-refractivity contribution in [3.8, 4) is 11.1 Å². The standard InChI is InChI=1S/C46H44N2O4/c1-31-5-17-39(18-6-31)47(41-21-9-35(10-22-41)13-27-45(49)50)43-25-15-37(29-33(43)3)38-16-26-44(34(4)30-38)48(40-19-7-32(2)8-20-40)42-23-11-36(12-24-42)14-28-46(51)52/h5-12,15-26,29-30H,13-14,27-28H2,1-4H3,(H,49,50)(H,51,52). The molecule has 6 nitrogen and oxygen atoms in total. The molecule has 0 bridgehead atoms. The molecule has 0 aliphatic heterocycles. The van der Waals surface area contributed by atoms with Crippen molar-refractivity contribution in [3.05, 3.63) is 167 Å². The maximum Gasteiger partial charge on any atom is 0.303 e. The van der Waals surface area contributed by atoms with Gasteiger partial charge in [-0.2, -0.15) is 0 Å². The fourth-order valence-electron chi connectivity index (χ4n) is 6.54. The molecule has 2 N–H and O–H groups in total. The number of aliphatic carboxylic acids is 2. The van der Waals surface area contributed by atoms with E-state index in [0.29, 0.717) is 12.8 Å². The van der Waals surface area contributed by atoms with E-state index in [1.165, 1.54) is 11.1 Å². The molecule has 0 amide bonds. The number of benzene rings is 6. The Labute approximate surface area is 306 Å². The van der Waals surface area contributed by atoms with Crippen LogP contribution in [0.25, 0.3) is 11.1 Å². The number of hydrogen-bond acceptors (Lipinski definition) is 4. The van der Waals surface area contributed by atoms with Gasteiger partial charge >= 0.3 is 11.9 Å². The van der Waals surface area contributed by atoms with Crippen molar-refractivity contribution in [2.75, 3.05) is 9.80 Å². The SMILES string of the molecule is Cc1ccc(N(c2ccc(CCC(=O)O)cc2)c2ccc(-c3ccc(N(c4ccc(C)cc4)c4ccc(CCC(=O)O)cc4)c(C)c3)cc2C)cc1. The second-order valence-electron chi connectivity index (χ2n) is 13.5. The summed E-state index contributed by atoms with van der Waals surface area (Å²) in [5.41, 5.74) is 15.1. The zero-order valence-electron chi connectivity index (χ0n) is 30.1. The number of rotatable bonds is 13. The lowest BCUT2D eigenvalue weighted by Gasteiger charge is -2.28. The molecule has 0 heterocycles.